The number of carbonyl (C=O) groups is 2. The van der Waals surface area contributed by atoms with Crippen LogP contribution in [0.3, 0.4) is 0 Å². The van der Waals surface area contributed by atoms with Crippen molar-refractivity contribution in [3.05, 3.63) is 10.4 Å². The molecule has 1 rings (SSSR count). The highest BCUT2D eigenvalue weighted by Gasteiger charge is 2.34. The summed E-state index contributed by atoms with van der Waals surface area (Å²) in [5, 5.41) is 6.31. The molecule has 8 nitrogen and oxygen atoms in total. The average molecular weight is 312 g/mol. The van der Waals surface area contributed by atoms with Gasteiger partial charge in [0.2, 0.25) is 0 Å². The van der Waals surface area contributed by atoms with E-state index in [2.05, 4.69) is 15.3 Å². The van der Waals surface area contributed by atoms with E-state index in [9.17, 15) is 9.59 Å². The maximum atomic E-state index is 11.9. The molecule has 0 heterocycles. The van der Waals surface area contributed by atoms with Gasteiger partial charge in [-0.05, 0) is 57.9 Å². The molecule has 0 unspecified atom stereocenters. The van der Waals surface area contributed by atoms with Crippen LogP contribution < -0.4 is 5.32 Å². The lowest BCUT2D eigenvalue weighted by atomic mass is 9.82. The molecule has 1 fully saturated rings. The fourth-order valence-electron chi connectivity index (χ4n) is 2.55. The first-order valence-electron chi connectivity index (χ1n) is 7.38. The number of esters is 1. The lowest BCUT2D eigenvalue weighted by Crippen LogP contribution is -2.49. The third kappa shape index (κ3) is 5.81. The van der Waals surface area contributed by atoms with Gasteiger partial charge in [0.15, 0.2) is 0 Å². The van der Waals surface area contributed by atoms with E-state index >= 15 is 0 Å². The molecule has 8 heteroatoms. The quantitative estimate of drug-likeness (QED) is 0.372. The first kappa shape index (κ1) is 18.1. The van der Waals surface area contributed by atoms with E-state index in [0.717, 1.165) is 0 Å². The Hall–Kier alpha value is -1.95. The summed E-state index contributed by atoms with van der Waals surface area (Å²) in [6.07, 6.45) is 2.11. The highest BCUT2D eigenvalue weighted by Crippen LogP contribution is 2.29. The zero-order valence-corrected chi connectivity index (χ0v) is 13.5. The number of azide groups is 1. The van der Waals surface area contributed by atoms with Crippen molar-refractivity contribution in [2.24, 2.45) is 11.0 Å². The van der Waals surface area contributed by atoms with Crippen LogP contribution in [0, 0.1) is 5.92 Å². The Balaban J connectivity index is 2.68. The molecule has 0 saturated heterocycles. The Kier molecular flexibility index (Phi) is 6.49. The highest BCUT2D eigenvalue weighted by atomic mass is 16.6. The van der Waals surface area contributed by atoms with Crippen molar-refractivity contribution >= 4 is 12.1 Å². The molecule has 0 bridgehead atoms. The Morgan fingerprint density at radius 1 is 1.27 bits per heavy atom. The molecule has 22 heavy (non-hydrogen) atoms. The summed E-state index contributed by atoms with van der Waals surface area (Å²) in [4.78, 5) is 26.6. The number of amides is 1. The number of ether oxygens (including phenoxy) is 2. The molecule has 1 aliphatic carbocycles. The van der Waals surface area contributed by atoms with Gasteiger partial charge in [0.05, 0.1) is 7.11 Å². The van der Waals surface area contributed by atoms with Crippen LogP contribution >= 0.6 is 0 Å². The van der Waals surface area contributed by atoms with Gasteiger partial charge >= 0.3 is 12.1 Å². The molecule has 124 valence electrons. The second-order valence-electron chi connectivity index (χ2n) is 6.42. The molecule has 0 radical (unpaired) electrons. The summed E-state index contributed by atoms with van der Waals surface area (Å²) in [6, 6.07) is -0.784. The van der Waals surface area contributed by atoms with Crippen molar-refractivity contribution in [2.45, 2.75) is 64.1 Å². The van der Waals surface area contributed by atoms with Crippen molar-refractivity contribution in [1.82, 2.24) is 5.32 Å². The third-order valence-corrected chi connectivity index (χ3v) is 3.56. The molecule has 1 aliphatic rings. The predicted octanol–water partition coefficient (Wildman–Crippen LogP) is 2.92. The Bertz CT molecular complexity index is 446. The lowest BCUT2D eigenvalue weighted by molar-refractivity contribution is -0.145. The van der Waals surface area contributed by atoms with E-state index in [1.807, 2.05) is 0 Å². The minimum Gasteiger partial charge on any atom is -0.467 e. The molecule has 0 spiro atoms. The molecule has 0 aromatic heterocycles. The molecule has 0 aromatic carbocycles. The largest absolute Gasteiger partial charge is 0.467 e. The van der Waals surface area contributed by atoms with Crippen LogP contribution in [-0.4, -0.2) is 36.9 Å². The van der Waals surface area contributed by atoms with Gasteiger partial charge in [0.1, 0.15) is 11.6 Å². The van der Waals surface area contributed by atoms with Crippen LogP contribution in [0.15, 0.2) is 5.11 Å². The van der Waals surface area contributed by atoms with E-state index in [-0.39, 0.29) is 12.0 Å². The van der Waals surface area contributed by atoms with E-state index in [1.165, 1.54) is 7.11 Å². The summed E-state index contributed by atoms with van der Waals surface area (Å²) in [7, 11) is 1.29. The molecule has 1 saturated carbocycles. The number of nitrogens with zero attached hydrogens (tertiary/aromatic N) is 3. The number of nitrogens with one attached hydrogen (secondary N) is 1. The summed E-state index contributed by atoms with van der Waals surface area (Å²) in [6.45, 7) is 5.26. The minimum absolute atomic E-state index is 0.0407. The van der Waals surface area contributed by atoms with Gasteiger partial charge < -0.3 is 14.8 Å². The van der Waals surface area contributed by atoms with Crippen LogP contribution in [0.2, 0.25) is 0 Å². The first-order valence-corrected chi connectivity index (χ1v) is 7.38. The third-order valence-electron chi connectivity index (χ3n) is 3.56. The Labute approximate surface area is 130 Å². The van der Waals surface area contributed by atoms with Crippen LogP contribution in [0.5, 0.6) is 0 Å². The maximum absolute atomic E-state index is 11.9. The van der Waals surface area contributed by atoms with Crippen LogP contribution in [-0.2, 0) is 14.3 Å². The molecular formula is C14H24N4O4. The molecule has 1 N–H and O–H groups in total. The van der Waals surface area contributed by atoms with Crippen molar-refractivity contribution in [3.63, 3.8) is 0 Å². The number of hydrogen-bond acceptors (Lipinski definition) is 5. The van der Waals surface area contributed by atoms with Crippen LogP contribution in [0.1, 0.15) is 46.5 Å². The van der Waals surface area contributed by atoms with E-state index in [1.54, 1.807) is 20.8 Å². The topological polar surface area (TPSA) is 113 Å². The molecule has 0 aliphatic heterocycles. The zero-order valence-electron chi connectivity index (χ0n) is 13.5. The normalized spacial score (nSPS) is 22.9. The van der Waals surface area contributed by atoms with Crippen LogP contribution in [0.25, 0.3) is 10.4 Å². The molecule has 1 atom stereocenters. The SMILES string of the molecule is COC(=O)[C@@H](NC(=O)OC(C)(C)C)C1CCC(N=[N+]=[N-])CC1. The van der Waals surface area contributed by atoms with Crippen molar-refractivity contribution < 1.29 is 19.1 Å². The monoisotopic (exact) mass is 312 g/mol. The van der Waals surface area contributed by atoms with Gasteiger partial charge in [-0.15, -0.1) is 0 Å². The zero-order chi connectivity index (χ0) is 16.8. The summed E-state index contributed by atoms with van der Waals surface area (Å²) in [5.74, 6) is -0.539. The smallest absolute Gasteiger partial charge is 0.408 e. The van der Waals surface area contributed by atoms with Gasteiger partial charge in [-0.2, -0.15) is 0 Å². The minimum atomic E-state index is -0.744. The maximum Gasteiger partial charge on any atom is 0.408 e. The van der Waals surface area contributed by atoms with Gasteiger partial charge in [-0.3, -0.25) is 0 Å². The second-order valence-corrected chi connectivity index (χ2v) is 6.42. The summed E-state index contributed by atoms with van der Waals surface area (Å²) < 4.78 is 9.97. The second kappa shape index (κ2) is 7.89. The molecule has 0 aromatic rings. The number of rotatable bonds is 4. The first-order chi connectivity index (χ1) is 10.3. The van der Waals surface area contributed by atoms with Gasteiger partial charge in [-0.25, -0.2) is 9.59 Å². The molecular weight excluding hydrogens is 288 g/mol. The van der Waals surface area contributed by atoms with E-state index < -0.39 is 23.7 Å². The van der Waals surface area contributed by atoms with Crippen molar-refractivity contribution in [3.8, 4) is 0 Å². The summed E-state index contributed by atoms with van der Waals surface area (Å²) >= 11 is 0. The van der Waals surface area contributed by atoms with Crippen molar-refractivity contribution in [1.29, 1.82) is 0 Å². The standard InChI is InChI=1S/C14H24N4O4/c1-14(2,3)22-13(20)16-11(12(19)21-4)9-5-7-10(8-6-9)17-18-15/h9-11H,5-8H2,1-4H3,(H,16,20)/t9?,10?,11-/m0/s1. The predicted molar refractivity (Wildman–Crippen MR) is 80.1 cm³/mol. The fraction of sp³-hybridized carbons (Fsp3) is 0.857. The Morgan fingerprint density at radius 2 is 1.86 bits per heavy atom. The van der Waals surface area contributed by atoms with Gasteiger partial charge in [0, 0.05) is 11.0 Å². The van der Waals surface area contributed by atoms with Crippen molar-refractivity contribution in [2.75, 3.05) is 7.11 Å². The number of carbonyl (C=O) groups excluding carboxylic acids is 2. The number of hydrogen-bond donors (Lipinski definition) is 1. The lowest BCUT2D eigenvalue weighted by Gasteiger charge is -2.31. The summed E-state index contributed by atoms with van der Waals surface area (Å²) in [5.41, 5.74) is 7.82. The highest BCUT2D eigenvalue weighted by molar-refractivity contribution is 5.81. The number of alkyl carbamates (subject to hydrolysis) is 1. The molecule has 1 amide bonds. The number of methoxy groups -OCH3 is 1. The average Bonchev–Trinajstić information content (AvgIpc) is 2.43. The Morgan fingerprint density at radius 3 is 2.32 bits per heavy atom. The van der Waals surface area contributed by atoms with Gasteiger partial charge in [-0.1, -0.05) is 5.11 Å². The van der Waals surface area contributed by atoms with E-state index in [4.69, 9.17) is 15.0 Å². The van der Waals surface area contributed by atoms with Crippen LogP contribution in [0.4, 0.5) is 4.79 Å². The fourth-order valence-corrected chi connectivity index (χ4v) is 2.55. The van der Waals surface area contributed by atoms with E-state index in [0.29, 0.717) is 25.7 Å². The van der Waals surface area contributed by atoms with Gasteiger partial charge in [0.25, 0.3) is 0 Å².